The fourth-order valence-corrected chi connectivity index (χ4v) is 1.07. The SMILES string of the molecule is CC(=O)OC1C(=O)NC1(C)C. The molecule has 1 unspecified atom stereocenters. The molecule has 0 spiro atoms. The second kappa shape index (κ2) is 2.22. The number of ether oxygens (including phenoxy) is 1. The molecular weight excluding hydrogens is 146 g/mol. The zero-order valence-corrected chi connectivity index (χ0v) is 6.80. The van der Waals surface area contributed by atoms with E-state index in [4.69, 9.17) is 4.74 Å². The fourth-order valence-electron chi connectivity index (χ4n) is 1.07. The molecule has 0 aromatic rings. The number of carbonyl (C=O) groups is 2. The molecule has 1 amide bonds. The predicted octanol–water partition coefficient (Wildman–Crippen LogP) is -0.174. The lowest BCUT2D eigenvalue weighted by Gasteiger charge is -2.42. The van der Waals surface area contributed by atoms with Gasteiger partial charge in [0.1, 0.15) is 0 Å². The Morgan fingerprint density at radius 1 is 1.64 bits per heavy atom. The van der Waals surface area contributed by atoms with Crippen LogP contribution in [0.1, 0.15) is 20.8 Å². The topological polar surface area (TPSA) is 55.4 Å². The van der Waals surface area contributed by atoms with Crippen molar-refractivity contribution in [3.63, 3.8) is 0 Å². The average Bonchev–Trinajstić information content (AvgIpc) is 1.82. The van der Waals surface area contributed by atoms with Crippen LogP contribution in [0.3, 0.4) is 0 Å². The number of carbonyl (C=O) groups excluding carboxylic acids is 2. The lowest BCUT2D eigenvalue weighted by atomic mass is 9.88. The van der Waals surface area contributed by atoms with E-state index in [9.17, 15) is 9.59 Å². The Morgan fingerprint density at radius 2 is 2.18 bits per heavy atom. The number of nitrogens with one attached hydrogen (secondary N) is 1. The molecule has 1 fully saturated rings. The van der Waals surface area contributed by atoms with E-state index in [1.54, 1.807) is 0 Å². The van der Waals surface area contributed by atoms with Crippen molar-refractivity contribution >= 4 is 11.9 Å². The van der Waals surface area contributed by atoms with Gasteiger partial charge in [-0.1, -0.05) is 0 Å². The maximum absolute atomic E-state index is 10.8. The lowest BCUT2D eigenvalue weighted by Crippen LogP contribution is -2.70. The number of amides is 1. The molecule has 0 radical (unpaired) electrons. The highest BCUT2D eigenvalue weighted by Gasteiger charge is 2.48. The summed E-state index contributed by atoms with van der Waals surface area (Å²) in [5.41, 5.74) is -0.400. The third-order valence-electron chi connectivity index (χ3n) is 1.62. The van der Waals surface area contributed by atoms with Gasteiger partial charge in [-0.15, -0.1) is 0 Å². The molecule has 0 saturated carbocycles. The number of β-lactam (4-membered cyclic amide) rings is 1. The van der Waals surface area contributed by atoms with E-state index in [0.29, 0.717) is 0 Å². The van der Waals surface area contributed by atoms with Crippen molar-refractivity contribution < 1.29 is 14.3 Å². The molecule has 1 aliphatic rings. The van der Waals surface area contributed by atoms with Gasteiger partial charge >= 0.3 is 5.97 Å². The van der Waals surface area contributed by atoms with Gasteiger partial charge in [-0.2, -0.15) is 0 Å². The lowest BCUT2D eigenvalue weighted by molar-refractivity contribution is -0.170. The number of hydrogen-bond donors (Lipinski definition) is 1. The van der Waals surface area contributed by atoms with Gasteiger partial charge in [-0.05, 0) is 13.8 Å². The molecule has 1 aliphatic heterocycles. The summed E-state index contributed by atoms with van der Waals surface area (Å²) in [4.78, 5) is 21.3. The number of rotatable bonds is 1. The van der Waals surface area contributed by atoms with Gasteiger partial charge in [-0.3, -0.25) is 9.59 Å². The van der Waals surface area contributed by atoms with Gasteiger partial charge in [-0.25, -0.2) is 0 Å². The third-order valence-corrected chi connectivity index (χ3v) is 1.62. The molecular formula is C7H11NO3. The monoisotopic (exact) mass is 157 g/mol. The van der Waals surface area contributed by atoms with Gasteiger partial charge in [0, 0.05) is 6.92 Å². The molecule has 4 heteroatoms. The predicted molar refractivity (Wildman–Crippen MR) is 37.8 cm³/mol. The molecule has 1 atom stereocenters. The van der Waals surface area contributed by atoms with Crippen molar-refractivity contribution in [2.45, 2.75) is 32.4 Å². The molecule has 11 heavy (non-hydrogen) atoms. The smallest absolute Gasteiger partial charge is 0.303 e. The van der Waals surface area contributed by atoms with Crippen LogP contribution in [0.5, 0.6) is 0 Å². The second-order valence-electron chi connectivity index (χ2n) is 3.20. The number of esters is 1. The van der Waals surface area contributed by atoms with Crippen molar-refractivity contribution in [2.24, 2.45) is 0 Å². The summed E-state index contributed by atoms with van der Waals surface area (Å²) in [6.07, 6.45) is -0.611. The minimum Gasteiger partial charge on any atom is -0.450 e. The van der Waals surface area contributed by atoms with Crippen molar-refractivity contribution in [1.29, 1.82) is 0 Å². The maximum Gasteiger partial charge on any atom is 0.303 e. The molecule has 0 aromatic heterocycles. The zero-order chi connectivity index (χ0) is 8.65. The first kappa shape index (κ1) is 8.04. The Morgan fingerprint density at radius 3 is 2.36 bits per heavy atom. The molecule has 0 aromatic carbocycles. The van der Waals surface area contributed by atoms with Crippen molar-refractivity contribution in [3.05, 3.63) is 0 Å². The molecule has 1 N–H and O–H groups in total. The molecule has 4 nitrogen and oxygen atoms in total. The second-order valence-corrected chi connectivity index (χ2v) is 3.20. The van der Waals surface area contributed by atoms with Crippen molar-refractivity contribution in [1.82, 2.24) is 5.32 Å². The normalized spacial score (nSPS) is 26.8. The molecule has 1 saturated heterocycles. The van der Waals surface area contributed by atoms with E-state index in [1.165, 1.54) is 6.92 Å². The quantitative estimate of drug-likeness (QED) is 0.424. The van der Waals surface area contributed by atoms with E-state index in [0.717, 1.165) is 0 Å². The van der Waals surface area contributed by atoms with Crippen LogP contribution >= 0.6 is 0 Å². The van der Waals surface area contributed by atoms with E-state index in [2.05, 4.69) is 5.32 Å². The van der Waals surface area contributed by atoms with Crippen LogP contribution in [0.4, 0.5) is 0 Å². The summed E-state index contributed by atoms with van der Waals surface area (Å²) in [7, 11) is 0. The van der Waals surface area contributed by atoms with E-state index in [-0.39, 0.29) is 5.91 Å². The summed E-state index contributed by atoms with van der Waals surface area (Å²) in [6, 6.07) is 0. The van der Waals surface area contributed by atoms with Crippen LogP contribution in [0, 0.1) is 0 Å². The fraction of sp³-hybridized carbons (Fsp3) is 0.714. The van der Waals surface area contributed by atoms with E-state index < -0.39 is 17.6 Å². The summed E-state index contributed by atoms with van der Waals surface area (Å²) < 4.78 is 4.76. The van der Waals surface area contributed by atoms with Crippen molar-refractivity contribution in [2.75, 3.05) is 0 Å². The van der Waals surface area contributed by atoms with Crippen LogP contribution in [0.15, 0.2) is 0 Å². The van der Waals surface area contributed by atoms with Gasteiger partial charge in [0.25, 0.3) is 5.91 Å². The Bertz CT molecular complexity index is 210. The Hall–Kier alpha value is -1.06. The minimum absolute atomic E-state index is 0.217. The Balaban J connectivity index is 2.57. The average molecular weight is 157 g/mol. The molecule has 62 valence electrons. The van der Waals surface area contributed by atoms with Gasteiger partial charge < -0.3 is 10.1 Å². The van der Waals surface area contributed by atoms with Crippen LogP contribution in [-0.2, 0) is 14.3 Å². The Kier molecular flexibility index (Phi) is 1.62. The van der Waals surface area contributed by atoms with Crippen molar-refractivity contribution in [3.8, 4) is 0 Å². The van der Waals surface area contributed by atoms with Gasteiger partial charge in [0.15, 0.2) is 0 Å². The highest BCUT2D eigenvalue weighted by atomic mass is 16.6. The summed E-state index contributed by atoms with van der Waals surface area (Å²) in [5.74, 6) is -0.636. The highest BCUT2D eigenvalue weighted by molar-refractivity contribution is 5.91. The van der Waals surface area contributed by atoms with Gasteiger partial charge in [0.05, 0.1) is 5.54 Å². The standard InChI is InChI=1S/C7H11NO3/c1-4(9)11-5-6(10)8-7(5,2)3/h5H,1-3H3,(H,8,10). The first-order chi connectivity index (χ1) is 4.93. The first-order valence-corrected chi connectivity index (χ1v) is 3.43. The molecule has 1 rings (SSSR count). The number of hydrogen-bond acceptors (Lipinski definition) is 3. The zero-order valence-electron chi connectivity index (χ0n) is 6.80. The molecule has 0 aliphatic carbocycles. The highest BCUT2D eigenvalue weighted by Crippen LogP contribution is 2.22. The van der Waals surface area contributed by atoms with Crippen LogP contribution in [-0.4, -0.2) is 23.5 Å². The van der Waals surface area contributed by atoms with Crippen LogP contribution in [0.2, 0.25) is 0 Å². The van der Waals surface area contributed by atoms with Crippen LogP contribution < -0.4 is 5.32 Å². The first-order valence-electron chi connectivity index (χ1n) is 3.43. The minimum atomic E-state index is -0.611. The van der Waals surface area contributed by atoms with E-state index in [1.807, 2.05) is 13.8 Å². The maximum atomic E-state index is 10.8. The molecule has 1 heterocycles. The summed E-state index contributed by atoms with van der Waals surface area (Å²) >= 11 is 0. The summed E-state index contributed by atoms with van der Waals surface area (Å²) in [6.45, 7) is 4.91. The largest absolute Gasteiger partial charge is 0.450 e. The van der Waals surface area contributed by atoms with Gasteiger partial charge in [0.2, 0.25) is 6.10 Å². The third kappa shape index (κ3) is 1.34. The van der Waals surface area contributed by atoms with Crippen LogP contribution in [0.25, 0.3) is 0 Å². The Labute approximate surface area is 64.9 Å². The van der Waals surface area contributed by atoms with E-state index >= 15 is 0 Å². The molecule has 0 bridgehead atoms. The summed E-state index contributed by atoms with van der Waals surface area (Å²) in [5, 5.41) is 2.62.